The Hall–Kier alpha value is -2.05. The number of nitrogens with one attached hydrogen (secondary N) is 2. The molecule has 1 rings (SSSR count). The molecule has 1 amide bonds. The Kier molecular flexibility index (Phi) is 8.79. The largest absolute Gasteiger partial charge is 0.359 e. The van der Waals surface area contributed by atoms with Crippen molar-refractivity contribution in [3.8, 4) is 0 Å². The van der Waals surface area contributed by atoms with Crippen LogP contribution < -0.4 is 10.6 Å². The molecular weight excluding hydrogens is 294 g/mol. The Morgan fingerprint density at radius 3 is 2.57 bits per heavy atom. The van der Waals surface area contributed by atoms with Gasteiger partial charge in [-0.05, 0) is 27.2 Å². The van der Waals surface area contributed by atoms with Gasteiger partial charge in [0, 0.05) is 38.7 Å². The van der Waals surface area contributed by atoms with E-state index in [1.807, 2.05) is 38.7 Å². The molecule has 0 saturated heterocycles. The third kappa shape index (κ3) is 6.71. The van der Waals surface area contributed by atoms with Crippen molar-refractivity contribution in [3.05, 3.63) is 17.5 Å². The molecule has 0 aliphatic rings. The number of aromatic nitrogens is 1. The summed E-state index contributed by atoms with van der Waals surface area (Å²) in [5.41, 5.74) is 0.929. The summed E-state index contributed by atoms with van der Waals surface area (Å²) < 4.78 is 5.21. The summed E-state index contributed by atoms with van der Waals surface area (Å²) in [6.07, 6.45) is 1.30. The first-order valence-corrected chi connectivity index (χ1v) is 8.38. The van der Waals surface area contributed by atoms with E-state index in [9.17, 15) is 4.79 Å². The molecule has 1 heterocycles. The number of carbonyl (C=O) groups excluding carboxylic acids is 1. The van der Waals surface area contributed by atoms with Crippen LogP contribution in [0.2, 0.25) is 0 Å². The van der Waals surface area contributed by atoms with Crippen LogP contribution in [0, 0.1) is 0 Å². The summed E-state index contributed by atoms with van der Waals surface area (Å²) >= 11 is 0. The number of guanidine groups is 1. The Morgan fingerprint density at radius 1 is 1.26 bits per heavy atom. The van der Waals surface area contributed by atoms with Crippen LogP contribution in [0.4, 0.5) is 0 Å². The van der Waals surface area contributed by atoms with E-state index in [4.69, 9.17) is 4.52 Å². The number of aryl methyl sites for hydroxylation is 1. The van der Waals surface area contributed by atoms with Crippen LogP contribution in [0.25, 0.3) is 0 Å². The molecule has 0 radical (unpaired) electrons. The lowest BCUT2D eigenvalue weighted by Crippen LogP contribution is -2.40. The lowest BCUT2D eigenvalue weighted by Gasteiger charge is -2.19. The van der Waals surface area contributed by atoms with Gasteiger partial charge in [-0.15, -0.1) is 0 Å². The fourth-order valence-electron chi connectivity index (χ4n) is 2.12. The second kappa shape index (κ2) is 10.6. The summed E-state index contributed by atoms with van der Waals surface area (Å²) in [6.45, 7) is 11.2. The van der Waals surface area contributed by atoms with Crippen molar-refractivity contribution in [2.45, 2.75) is 47.1 Å². The zero-order chi connectivity index (χ0) is 17.1. The van der Waals surface area contributed by atoms with Crippen LogP contribution >= 0.6 is 0 Å². The van der Waals surface area contributed by atoms with E-state index in [-0.39, 0.29) is 5.91 Å². The van der Waals surface area contributed by atoms with Crippen molar-refractivity contribution in [3.63, 3.8) is 0 Å². The SMILES string of the molecule is CCNC(=NCc1cc(CC)no1)NCCC(=O)N(CC)CC. The fourth-order valence-corrected chi connectivity index (χ4v) is 2.12. The number of aliphatic imine (C=N–C) groups is 1. The molecule has 0 aliphatic heterocycles. The van der Waals surface area contributed by atoms with E-state index in [1.165, 1.54) is 0 Å². The second-order valence-corrected chi connectivity index (χ2v) is 5.08. The van der Waals surface area contributed by atoms with Crippen molar-refractivity contribution in [1.29, 1.82) is 0 Å². The molecule has 0 saturated carbocycles. The van der Waals surface area contributed by atoms with Gasteiger partial charge in [-0.25, -0.2) is 4.99 Å². The first-order valence-electron chi connectivity index (χ1n) is 8.38. The van der Waals surface area contributed by atoms with Crippen LogP contribution in [0.1, 0.15) is 45.6 Å². The normalized spacial score (nSPS) is 11.4. The highest BCUT2D eigenvalue weighted by Gasteiger charge is 2.09. The van der Waals surface area contributed by atoms with E-state index >= 15 is 0 Å². The highest BCUT2D eigenvalue weighted by atomic mass is 16.5. The first-order chi connectivity index (χ1) is 11.1. The molecule has 7 nitrogen and oxygen atoms in total. The highest BCUT2D eigenvalue weighted by molar-refractivity contribution is 5.81. The molecule has 7 heteroatoms. The van der Waals surface area contributed by atoms with E-state index in [0.29, 0.717) is 25.5 Å². The van der Waals surface area contributed by atoms with Gasteiger partial charge in [-0.2, -0.15) is 0 Å². The molecule has 0 aromatic carbocycles. The topological polar surface area (TPSA) is 82.8 Å². The van der Waals surface area contributed by atoms with Gasteiger partial charge in [0.15, 0.2) is 11.7 Å². The molecule has 2 N–H and O–H groups in total. The zero-order valence-electron chi connectivity index (χ0n) is 14.7. The number of rotatable bonds is 9. The lowest BCUT2D eigenvalue weighted by molar-refractivity contribution is -0.130. The van der Waals surface area contributed by atoms with Crippen molar-refractivity contribution >= 4 is 11.9 Å². The Bertz CT molecular complexity index is 494. The minimum Gasteiger partial charge on any atom is -0.359 e. The van der Waals surface area contributed by atoms with Crippen LogP contribution in [-0.4, -0.2) is 48.1 Å². The number of amides is 1. The van der Waals surface area contributed by atoms with Gasteiger partial charge >= 0.3 is 0 Å². The van der Waals surface area contributed by atoms with Crippen LogP contribution in [0.5, 0.6) is 0 Å². The third-order valence-electron chi connectivity index (χ3n) is 3.45. The van der Waals surface area contributed by atoms with E-state index in [2.05, 4.69) is 20.8 Å². The van der Waals surface area contributed by atoms with E-state index in [0.717, 1.165) is 37.5 Å². The van der Waals surface area contributed by atoms with Crippen LogP contribution in [0.3, 0.4) is 0 Å². The second-order valence-electron chi connectivity index (χ2n) is 5.08. The first kappa shape index (κ1) is 19.0. The predicted molar refractivity (Wildman–Crippen MR) is 91.2 cm³/mol. The Labute approximate surface area is 138 Å². The van der Waals surface area contributed by atoms with Crippen LogP contribution in [0.15, 0.2) is 15.6 Å². The van der Waals surface area contributed by atoms with Gasteiger partial charge in [0.2, 0.25) is 5.91 Å². The smallest absolute Gasteiger partial charge is 0.224 e. The molecule has 0 fully saturated rings. The third-order valence-corrected chi connectivity index (χ3v) is 3.45. The summed E-state index contributed by atoms with van der Waals surface area (Å²) in [4.78, 5) is 18.2. The number of nitrogens with zero attached hydrogens (tertiary/aromatic N) is 3. The van der Waals surface area contributed by atoms with Crippen LogP contribution in [-0.2, 0) is 17.8 Å². The van der Waals surface area contributed by atoms with Gasteiger partial charge in [0.05, 0.1) is 5.69 Å². The summed E-state index contributed by atoms with van der Waals surface area (Å²) in [7, 11) is 0. The molecule has 0 atom stereocenters. The van der Waals surface area contributed by atoms with Gasteiger partial charge in [-0.1, -0.05) is 12.1 Å². The van der Waals surface area contributed by atoms with Crippen molar-refractivity contribution < 1.29 is 9.32 Å². The van der Waals surface area contributed by atoms with E-state index in [1.54, 1.807) is 0 Å². The molecular formula is C16H29N5O2. The maximum Gasteiger partial charge on any atom is 0.224 e. The standard InChI is InChI=1S/C16H29N5O2/c1-5-13-11-14(23-20-13)12-19-16(17-6-2)18-10-9-15(22)21(7-3)8-4/h11H,5-10,12H2,1-4H3,(H2,17,18,19). The Balaban J connectivity index is 2.47. The molecule has 0 aliphatic carbocycles. The highest BCUT2D eigenvalue weighted by Crippen LogP contribution is 2.05. The number of hydrogen-bond donors (Lipinski definition) is 2. The molecule has 130 valence electrons. The summed E-state index contributed by atoms with van der Waals surface area (Å²) in [6, 6.07) is 1.91. The predicted octanol–water partition coefficient (Wildman–Crippen LogP) is 1.55. The maximum atomic E-state index is 12.0. The van der Waals surface area contributed by atoms with Crippen molar-refractivity contribution in [1.82, 2.24) is 20.7 Å². The average Bonchev–Trinajstić information content (AvgIpc) is 3.02. The summed E-state index contributed by atoms with van der Waals surface area (Å²) in [5.74, 6) is 1.56. The molecule has 0 spiro atoms. The van der Waals surface area contributed by atoms with Gasteiger partial charge in [0.1, 0.15) is 6.54 Å². The summed E-state index contributed by atoms with van der Waals surface area (Å²) in [5, 5.41) is 10.3. The van der Waals surface area contributed by atoms with E-state index < -0.39 is 0 Å². The van der Waals surface area contributed by atoms with Gasteiger partial charge in [-0.3, -0.25) is 4.79 Å². The average molecular weight is 323 g/mol. The lowest BCUT2D eigenvalue weighted by atomic mass is 10.3. The molecule has 0 bridgehead atoms. The monoisotopic (exact) mass is 323 g/mol. The van der Waals surface area contributed by atoms with Gasteiger partial charge < -0.3 is 20.1 Å². The molecule has 0 unspecified atom stereocenters. The molecule has 23 heavy (non-hydrogen) atoms. The number of hydrogen-bond acceptors (Lipinski definition) is 4. The molecule has 1 aromatic heterocycles. The molecule has 1 aromatic rings. The minimum atomic E-state index is 0.154. The zero-order valence-corrected chi connectivity index (χ0v) is 14.7. The Morgan fingerprint density at radius 2 is 2.00 bits per heavy atom. The quantitative estimate of drug-likeness (QED) is 0.532. The minimum absolute atomic E-state index is 0.154. The van der Waals surface area contributed by atoms with Gasteiger partial charge in [0.25, 0.3) is 0 Å². The van der Waals surface area contributed by atoms with Crippen molar-refractivity contribution in [2.24, 2.45) is 4.99 Å². The fraction of sp³-hybridized carbons (Fsp3) is 0.688. The number of carbonyl (C=O) groups is 1. The maximum absolute atomic E-state index is 12.0. The van der Waals surface area contributed by atoms with Crippen molar-refractivity contribution in [2.75, 3.05) is 26.2 Å².